The zero-order chi connectivity index (χ0) is 16.8. The van der Waals surface area contributed by atoms with E-state index in [9.17, 15) is 0 Å². The molecule has 0 saturated carbocycles. The van der Waals surface area contributed by atoms with Crippen molar-refractivity contribution in [2.75, 3.05) is 25.0 Å². The molecule has 1 heterocycles. The number of hydrogen-bond acceptors (Lipinski definition) is 3. The lowest BCUT2D eigenvalue weighted by Crippen LogP contribution is -2.24. The molecule has 0 amide bonds. The first-order valence-corrected chi connectivity index (χ1v) is 9.01. The molecule has 2 aromatic carbocycles. The van der Waals surface area contributed by atoms with Crippen molar-refractivity contribution < 1.29 is 4.74 Å². The Morgan fingerprint density at radius 1 is 1.12 bits per heavy atom. The Kier molecular flexibility index (Phi) is 5.76. The number of rotatable bonds is 7. The zero-order valence-electron chi connectivity index (χ0n) is 14.7. The van der Waals surface area contributed by atoms with Gasteiger partial charge in [0.1, 0.15) is 11.9 Å². The topological polar surface area (TPSA) is 33.3 Å². The van der Waals surface area contributed by atoms with E-state index >= 15 is 0 Å². The van der Waals surface area contributed by atoms with Gasteiger partial charge in [0.15, 0.2) is 0 Å². The summed E-state index contributed by atoms with van der Waals surface area (Å²) in [5, 5.41) is 7.04. The maximum Gasteiger partial charge on any atom is 0.143 e. The summed E-state index contributed by atoms with van der Waals surface area (Å²) in [5.41, 5.74) is 3.68. The van der Waals surface area contributed by atoms with Gasteiger partial charge in [-0.3, -0.25) is 0 Å². The van der Waals surface area contributed by atoms with Crippen molar-refractivity contribution in [1.29, 1.82) is 0 Å². The van der Waals surface area contributed by atoms with Crippen LogP contribution in [0.2, 0.25) is 0 Å². The van der Waals surface area contributed by atoms with E-state index in [4.69, 9.17) is 4.74 Å². The molecule has 128 valence electrons. The van der Waals surface area contributed by atoms with E-state index in [2.05, 4.69) is 66.9 Å². The van der Waals surface area contributed by atoms with Crippen molar-refractivity contribution in [3.8, 4) is 5.75 Å². The second-order valence-corrected chi connectivity index (χ2v) is 6.91. The second-order valence-electron chi connectivity index (χ2n) is 6.91. The normalized spacial score (nSPS) is 16.4. The van der Waals surface area contributed by atoms with Crippen LogP contribution in [0.15, 0.2) is 48.5 Å². The summed E-state index contributed by atoms with van der Waals surface area (Å²) in [6.07, 6.45) is 2.37. The molecule has 0 aromatic heterocycles. The Hall–Kier alpha value is -2.00. The number of fused-ring (bicyclic) bond motifs is 1. The number of anilines is 1. The minimum Gasteiger partial charge on any atom is -0.482 e. The van der Waals surface area contributed by atoms with Crippen molar-refractivity contribution >= 4 is 5.69 Å². The van der Waals surface area contributed by atoms with Gasteiger partial charge in [-0.1, -0.05) is 50.2 Å². The molecule has 2 N–H and O–H groups in total. The molecule has 0 aliphatic carbocycles. The highest BCUT2D eigenvalue weighted by Gasteiger charge is 2.20. The maximum atomic E-state index is 6.16. The van der Waals surface area contributed by atoms with Gasteiger partial charge in [0.2, 0.25) is 0 Å². The van der Waals surface area contributed by atoms with Crippen LogP contribution in [0.25, 0.3) is 0 Å². The number of nitrogens with one attached hydrogen (secondary N) is 2. The predicted octanol–water partition coefficient (Wildman–Crippen LogP) is 4.41. The first kappa shape index (κ1) is 16.8. The first-order valence-electron chi connectivity index (χ1n) is 9.01. The highest BCUT2D eigenvalue weighted by molar-refractivity contribution is 5.60. The molecular formula is C21H28N2O. The Morgan fingerprint density at radius 3 is 2.75 bits per heavy atom. The third-order valence-electron chi connectivity index (χ3n) is 4.45. The largest absolute Gasteiger partial charge is 0.482 e. The highest BCUT2D eigenvalue weighted by atomic mass is 16.5. The standard InChI is InChI=1S/C21H28N2O/c1-16(2)10-12-22-13-11-17-8-9-20-19(14-17)23-15-21(24-20)18-6-4-3-5-7-18/h3-9,14,16,21-23H,10-13,15H2,1-2H3. The van der Waals surface area contributed by atoms with E-state index in [-0.39, 0.29) is 6.10 Å². The summed E-state index contributed by atoms with van der Waals surface area (Å²) >= 11 is 0. The van der Waals surface area contributed by atoms with Crippen LogP contribution in [-0.4, -0.2) is 19.6 Å². The fourth-order valence-corrected chi connectivity index (χ4v) is 2.97. The van der Waals surface area contributed by atoms with Gasteiger partial charge in [0, 0.05) is 0 Å². The lowest BCUT2D eigenvalue weighted by atomic mass is 10.1. The van der Waals surface area contributed by atoms with Gasteiger partial charge < -0.3 is 15.4 Å². The number of hydrogen-bond donors (Lipinski definition) is 2. The molecule has 3 heteroatoms. The summed E-state index contributed by atoms with van der Waals surface area (Å²) in [7, 11) is 0. The molecular weight excluding hydrogens is 296 g/mol. The molecule has 24 heavy (non-hydrogen) atoms. The first-order chi connectivity index (χ1) is 11.7. The van der Waals surface area contributed by atoms with Crippen molar-refractivity contribution in [1.82, 2.24) is 5.32 Å². The Bertz CT molecular complexity index is 640. The van der Waals surface area contributed by atoms with Crippen LogP contribution in [0.3, 0.4) is 0 Å². The van der Waals surface area contributed by atoms with Crippen LogP contribution in [0, 0.1) is 5.92 Å². The quantitative estimate of drug-likeness (QED) is 0.740. The lowest BCUT2D eigenvalue weighted by Gasteiger charge is -2.28. The Morgan fingerprint density at radius 2 is 1.96 bits per heavy atom. The predicted molar refractivity (Wildman–Crippen MR) is 101 cm³/mol. The van der Waals surface area contributed by atoms with E-state index in [1.807, 2.05) is 6.07 Å². The van der Waals surface area contributed by atoms with Crippen LogP contribution in [0.5, 0.6) is 5.75 Å². The molecule has 0 fully saturated rings. The third kappa shape index (κ3) is 4.51. The van der Waals surface area contributed by atoms with Crippen molar-refractivity contribution in [2.45, 2.75) is 32.8 Å². The van der Waals surface area contributed by atoms with Crippen molar-refractivity contribution in [3.63, 3.8) is 0 Å². The summed E-state index contributed by atoms with van der Waals surface area (Å²) in [4.78, 5) is 0. The van der Waals surface area contributed by atoms with Gasteiger partial charge >= 0.3 is 0 Å². The van der Waals surface area contributed by atoms with E-state index < -0.39 is 0 Å². The summed E-state index contributed by atoms with van der Waals surface area (Å²) in [5.74, 6) is 1.71. The van der Waals surface area contributed by atoms with Crippen molar-refractivity contribution in [3.05, 3.63) is 59.7 Å². The molecule has 1 aliphatic rings. The van der Waals surface area contributed by atoms with Gasteiger partial charge in [-0.25, -0.2) is 0 Å². The third-order valence-corrected chi connectivity index (χ3v) is 4.45. The van der Waals surface area contributed by atoms with Gasteiger partial charge in [0.05, 0.1) is 12.2 Å². The van der Waals surface area contributed by atoms with Crippen LogP contribution < -0.4 is 15.4 Å². The zero-order valence-corrected chi connectivity index (χ0v) is 14.7. The van der Waals surface area contributed by atoms with Gasteiger partial charge in [-0.15, -0.1) is 0 Å². The molecule has 0 radical (unpaired) electrons. The Balaban J connectivity index is 1.54. The second kappa shape index (κ2) is 8.20. The molecule has 3 rings (SSSR count). The molecule has 1 atom stereocenters. The minimum absolute atomic E-state index is 0.0854. The van der Waals surface area contributed by atoms with Crippen LogP contribution in [0.1, 0.15) is 37.5 Å². The fraction of sp³-hybridized carbons (Fsp3) is 0.429. The molecule has 0 saturated heterocycles. The number of benzene rings is 2. The molecule has 1 unspecified atom stereocenters. The number of ether oxygens (including phenoxy) is 1. The fourth-order valence-electron chi connectivity index (χ4n) is 2.97. The lowest BCUT2D eigenvalue weighted by molar-refractivity contribution is 0.210. The Labute approximate surface area is 145 Å². The average Bonchev–Trinajstić information content (AvgIpc) is 2.61. The van der Waals surface area contributed by atoms with Crippen LogP contribution in [-0.2, 0) is 6.42 Å². The van der Waals surface area contributed by atoms with E-state index in [1.165, 1.54) is 17.5 Å². The summed E-state index contributed by atoms with van der Waals surface area (Å²) in [6, 6.07) is 16.9. The highest BCUT2D eigenvalue weighted by Crippen LogP contribution is 2.34. The summed E-state index contributed by atoms with van der Waals surface area (Å²) in [6.45, 7) is 7.47. The van der Waals surface area contributed by atoms with Crippen LogP contribution >= 0.6 is 0 Å². The van der Waals surface area contributed by atoms with Crippen LogP contribution in [0.4, 0.5) is 5.69 Å². The molecule has 2 aromatic rings. The summed E-state index contributed by atoms with van der Waals surface area (Å²) < 4.78 is 6.16. The monoisotopic (exact) mass is 324 g/mol. The smallest absolute Gasteiger partial charge is 0.143 e. The molecule has 0 bridgehead atoms. The average molecular weight is 324 g/mol. The van der Waals surface area contributed by atoms with Gasteiger partial charge in [-0.05, 0) is 55.1 Å². The van der Waals surface area contributed by atoms with E-state index in [1.54, 1.807) is 0 Å². The van der Waals surface area contributed by atoms with Gasteiger partial charge in [-0.2, -0.15) is 0 Å². The maximum absolute atomic E-state index is 6.16. The SMILES string of the molecule is CC(C)CCNCCc1ccc2c(c1)NCC(c1ccccc1)O2. The van der Waals surface area contributed by atoms with E-state index in [0.29, 0.717) is 0 Å². The minimum atomic E-state index is 0.0854. The molecule has 0 spiro atoms. The molecule has 3 nitrogen and oxygen atoms in total. The van der Waals surface area contributed by atoms with Gasteiger partial charge in [0.25, 0.3) is 0 Å². The van der Waals surface area contributed by atoms with Crippen molar-refractivity contribution in [2.24, 2.45) is 5.92 Å². The van der Waals surface area contributed by atoms with E-state index in [0.717, 1.165) is 43.4 Å². The molecule has 1 aliphatic heterocycles.